The third-order valence-corrected chi connectivity index (χ3v) is 5.30. The van der Waals surface area contributed by atoms with Crippen molar-refractivity contribution in [3.63, 3.8) is 0 Å². The van der Waals surface area contributed by atoms with Gasteiger partial charge in [0, 0.05) is 30.5 Å². The fraction of sp³-hybridized carbons (Fsp3) is 0.375. The van der Waals surface area contributed by atoms with Gasteiger partial charge in [-0.2, -0.15) is 13.2 Å². The van der Waals surface area contributed by atoms with Gasteiger partial charge in [0.05, 0.1) is 37.4 Å². The summed E-state index contributed by atoms with van der Waals surface area (Å²) in [6, 6.07) is 3.74. The second kappa shape index (κ2) is 11.8. The molecule has 0 saturated carbocycles. The Kier molecular flexibility index (Phi) is 8.75. The number of rotatable bonds is 8. The molecule has 3 heterocycles. The lowest BCUT2D eigenvalue weighted by atomic mass is 10.1. The number of carbonyl (C=O) groups excluding carboxylic acids is 1. The number of aliphatic imine (C=N–C) groups is 1. The van der Waals surface area contributed by atoms with E-state index in [-0.39, 0.29) is 11.3 Å². The zero-order valence-corrected chi connectivity index (χ0v) is 20.2. The van der Waals surface area contributed by atoms with Gasteiger partial charge >= 0.3 is 6.18 Å². The van der Waals surface area contributed by atoms with Crippen LogP contribution in [0.25, 0.3) is 5.57 Å². The van der Waals surface area contributed by atoms with Crippen molar-refractivity contribution < 1.29 is 27.4 Å². The summed E-state index contributed by atoms with van der Waals surface area (Å²) in [5.74, 6) is -0.316. The molecule has 0 radical (unpaired) electrons. The number of nitrogens with one attached hydrogen (secondary N) is 1. The molecule has 1 aliphatic rings. The summed E-state index contributed by atoms with van der Waals surface area (Å²) < 4.78 is 49.6. The predicted molar refractivity (Wildman–Crippen MR) is 129 cm³/mol. The number of nitrogens with zero attached hydrogens (tertiary/aromatic N) is 5. The number of aromatic nitrogens is 3. The number of hydrogen-bond donors (Lipinski definition) is 1. The molecule has 1 N–H and O–H groups in total. The second-order valence-corrected chi connectivity index (χ2v) is 7.83. The number of morpholine rings is 1. The molecular formula is C24H27F3N6O3. The summed E-state index contributed by atoms with van der Waals surface area (Å²) in [5, 5.41) is 10.9. The molecule has 1 fully saturated rings. The Hall–Kier alpha value is -3.80. The zero-order chi connectivity index (χ0) is 26.3. The SMILES string of the molecule is C=C(C=N/C(C)=C(\C)c1cc(N2CCOCC2)c(OCC)nn1)NC(=O)c1ccnc(C(F)(F)F)c1. The standard InChI is InChI=1S/C24H27F3N6O3/c1-5-36-23-20(33-8-10-35-11-9-33)13-19(31-32-23)16(3)17(4)29-14-15(2)30-22(34)18-6-7-28-21(12-18)24(25,26)27/h6-7,12-14H,2,5,8-11H2,1,3-4H3,(H,30,34)/b17-16+,29-14?. The molecule has 9 nitrogen and oxygen atoms in total. The fourth-order valence-corrected chi connectivity index (χ4v) is 3.26. The van der Waals surface area contributed by atoms with Crippen LogP contribution in [0, 0.1) is 0 Å². The highest BCUT2D eigenvalue weighted by Crippen LogP contribution is 2.30. The molecule has 12 heteroatoms. The smallest absolute Gasteiger partial charge is 0.433 e. The summed E-state index contributed by atoms with van der Waals surface area (Å²) in [5.41, 5.74) is 1.48. The van der Waals surface area contributed by atoms with Crippen molar-refractivity contribution in [2.45, 2.75) is 26.9 Å². The average Bonchev–Trinajstić information content (AvgIpc) is 2.87. The average molecular weight is 505 g/mol. The van der Waals surface area contributed by atoms with Crippen molar-refractivity contribution in [2.75, 3.05) is 37.8 Å². The minimum atomic E-state index is -4.65. The first kappa shape index (κ1) is 26.8. The summed E-state index contributed by atoms with van der Waals surface area (Å²) in [4.78, 5) is 22.0. The molecule has 1 aliphatic heterocycles. The first-order valence-electron chi connectivity index (χ1n) is 11.2. The van der Waals surface area contributed by atoms with Crippen LogP contribution in [0.2, 0.25) is 0 Å². The maximum Gasteiger partial charge on any atom is 0.433 e. The van der Waals surface area contributed by atoms with Crippen molar-refractivity contribution in [3.05, 3.63) is 59.3 Å². The van der Waals surface area contributed by atoms with Gasteiger partial charge in [-0.1, -0.05) is 6.58 Å². The van der Waals surface area contributed by atoms with Gasteiger partial charge in [0.2, 0.25) is 0 Å². The van der Waals surface area contributed by atoms with Crippen LogP contribution in [0.5, 0.6) is 5.88 Å². The van der Waals surface area contributed by atoms with Crippen LogP contribution in [-0.2, 0) is 10.9 Å². The van der Waals surface area contributed by atoms with Crippen molar-refractivity contribution in [1.29, 1.82) is 0 Å². The van der Waals surface area contributed by atoms with E-state index in [2.05, 4.69) is 37.0 Å². The van der Waals surface area contributed by atoms with Crippen LogP contribution >= 0.6 is 0 Å². The predicted octanol–water partition coefficient (Wildman–Crippen LogP) is 3.89. The van der Waals surface area contributed by atoms with Gasteiger partial charge in [0.25, 0.3) is 11.8 Å². The highest BCUT2D eigenvalue weighted by atomic mass is 19.4. The number of hydrogen-bond acceptors (Lipinski definition) is 8. The highest BCUT2D eigenvalue weighted by molar-refractivity contribution is 5.98. The number of alkyl halides is 3. The molecule has 1 amide bonds. The van der Waals surface area contributed by atoms with Gasteiger partial charge in [0.1, 0.15) is 11.4 Å². The Morgan fingerprint density at radius 3 is 2.67 bits per heavy atom. The van der Waals surface area contributed by atoms with Crippen molar-refractivity contribution in [2.24, 2.45) is 4.99 Å². The van der Waals surface area contributed by atoms with E-state index in [1.54, 1.807) is 6.92 Å². The molecule has 0 aromatic carbocycles. The topological polar surface area (TPSA) is 102 Å². The number of amides is 1. The molecular weight excluding hydrogens is 477 g/mol. The van der Waals surface area contributed by atoms with Crippen LogP contribution in [-0.4, -0.2) is 60.2 Å². The number of pyridine rings is 1. The summed E-state index contributed by atoms with van der Waals surface area (Å²) in [6.07, 6.45) is -2.42. The fourth-order valence-electron chi connectivity index (χ4n) is 3.26. The summed E-state index contributed by atoms with van der Waals surface area (Å²) in [7, 11) is 0. The van der Waals surface area contributed by atoms with Crippen molar-refractivity contribution >= 4 is 23.4 Å². The maximum absolute atomic E-state index is 12.8. The molecule has 2 aromatic heterocycles. The Morgan fingerprint density at radius 2 is 2.00 bits per heavy atom. The van der Waals surface area contributed by atoms with Gasteiger partial charge in [-0.15, -0.1) is 10.2 Å². The van der Waals surface area contributed by atoms with E-state index in [1.807, 2.05) is 19.9 Å². The molecule has 2 aromatic rings. The van der Waals surface area contributed by atoms with E-state index >= 15 is 0 Å². The normalized spacial score (nSPS) is 15.0. The van der Waals surface area contributed by atoms with Crippen LogP contribution in [0.15, 0.2) is 47.4 Å². The van der Waals surface area contributed by atoms with E-state index in [4.69, 9.17) is 9.47 Å². The minimum Gasteiger partial charge on any atom is -0.475 e. The van der Waals surface area contributed by atoms with E-state index in [1.165, 1.54) is 12.3 Å². The summed E-state index contributed by atoms with van der Waals surface area (Å²) in [6.45, 7) is 12.2. The van der Waals surface area contributed by atoms with E-state index < -0.39 is 17.8 Å². The molecule has 3 rings (SSSR count). The molecule has 0 aliphatic carbocycles. The molecule has 0 unspecified atom stereocenters. The lowest BCUT2D eigenvalue weighted by Gasteiger charge is -2.29. The molecule has 192 valence electrons. The Labute approximate surface area is 206 Å². The third kappa shape index (κ3) is 6.87. The maximum atomic E-state index is 12.8. The summed E-state index contributed by atoms with van der Waals surface area (Å²) >= 11 is 0. The molecule has 0 atom stereocenters. The molecule has 0 bridgehead atoms. The van der Waals surface area contributed by atoms with Crippen molar-refractivity contribution in [1.82, 2.24) is 20.5 Å². The first-order valence-corrected chi connectivity index (χ1v) is 11.2. The van der Waals surface area contributed by atoms with Crippen LogP contribution in [0.4, 0.5) is 18.9 Å². The number of halogens is 3. The van der Waals surface area contributed by atoms with Crippen LogP contribution < -0.4 is 15.0 Å². The van der Waals surface area contributed by atoms with E-state index in [0.29, 0.717) is 56.2 Å². The largest absolute Gasteiger partial charge is 0.475 e. The van der Waals surface area contributed by atoms with Gasteiger partial charge in [0.15, 0.2) is 0 Å². The molecule has 0 spiro atoms. The van der Waals surface area contributed by atoms with Gasteiger partial charge < -0.3 is 19.7 Å². The molecule has 36 heavy (non-hydrogen) atoms. The lowest BCUT2D eigenvalue weighted by molar-refractivity contribution is -0.141. The van der Waals surface area contributed by atoms with Crippen molar-refractivity contribution in [3.8, 4) is 5.88 Å². The Balaban J connectivity index is 1.74. The minimum absolute atomic E-state index is 0.101. The van der Waals surface area contributed by atoms with E-state index in [0.717, 1.165) is 17.5 Å². The first-order chi connectivity index (χ1) is 17.1. The Morgan fingerprint density at radius 1 is 1.28 bits per heavy atom. The molecule has 1 saturated heterocycles. The quantitative estimate of drug-likeness (QED) is 0.544. The number of carbonyl (C=O) groups is 1. The highest BCUT2D eigenvalue weighted by Gasteiger charge is 2.33. The van der Waals surface area contributed by atoms with Gasteiger partial charge in [-0.05, 0) is 44.5 Å². The number of ether oxygens (including phenoxy) is 2. The monoisotopic (exact) mass is 504 g/mol. The van der Waals surface area contributed by atoms with E-state index in [9.17, 15) is 18.0 Å². The van der Waals surface area contributed by atoms with Gasteiger partial charge in [-0.3, -0.25) is 14.8 Å². The van der Waals surface area contributed by atoms with Gasteiger partial charge in [-0.25, -0.2) is 0 Å². The van der Waals surface area contributed by atoms with Crippen LogP contribution in [0.1, 0.15) is 42.5 Å². The zero-order valence-electron chi connectivity index (χ0n) is 20.2. The third-order valence-electron chi connectivity index (χ3n) is 5.30. The number of allylic oxidation sites excluding steroid dienone is 3. The Bertz CT molecular complexity index is 1170. The number of anilines is 1. The van der Waals surface area contributed by atoms with Crippen LogP contribution in [0.3, 0.4) is 0 Å². The second-order valence-electron chi connectivity index (χ2n) is 7.83. The lowest BCUT2D eigenvalue weighted by Crippen LogP contribution is -2.36.